The molecular weight excluding hydrogens is 294 g/mol. The Kier molecular flexibility index (Phi) is 3.74. The van der Waals surface area contributed by atoms with Gasteiger partial charge < -0.3 is 15.3 Å². The number of nitrogens with one attached hydrogen (secondary N) is 1. The lowest BCUT2D eigenvalue weighted by Gasteiger charge is -2.37. The van der Waals surface area contributed by atoms with E-state index in [9.17, 15) is 5.21 Å². The molecular formula is C16H21N5O2. The lowest BCUT2D eigenvalue weighted by atomic mass is 10.1. The summed E-state index contributed by atoms with van der Waals surface area (Å²) in [5.41, 5.74) is 3.86. The summed E-state index contributed by atoms with van der Waals surface area (Å²) in [6.07, 6.45) is 3.63. The van der Waals surface area contributed by atoms with Crippen LogP contribution >= 0.6 is 0 Å². The standard InChI is InChI=1S/C16H21N5O2/c1-23-13-9-20(10-13)6-5-17-16-18-14-7-11-3-2-4-12(11)8-15(14)21(22)19-16/h7-8,13H,2-6,9-10H2,1H3,(H,17,18,19). The van der Waals surface area contributed by atoms with Crippen LogP contribution in [-0.2, 0) is 17.6 Å². The topological polar surface area (TPSA) is 77.2 Å². The highest BCUT2D eigenvalue weighted by molar-refractivity contribution is 5.74. The summed E-state index contributed by atoms with van der Waals surface area (Å²) < 4.78 is 5.25. The van der Waals surface area contributed by atoms with E-state index in [2.05, 4.69) is 20.3 Å². The van der Waals surface area contributed by atoms with Crippen LogP contribution in [0.15, 0.2) is 12.1 Å². The first-order valence-corrected chi connectivity index (χ1v) is 8.15. The van der Waals surface area contributed by atoms with Crippen molar-refractivity contribution < 1.29 is 9.58 Å². The first kappa shape index (κ1) is 14.6. The molecule has 2 aliphatic rings. The molecule has 1 fully saturated rings. The van der Waals surface area contributed by atoms with Gasteiger partial charge in [0.2, 0.25) is 0 Å². The molecule has 1 aliphatic carbocycles. The van der Waals surface area contributed by atoms with Gasteiger partial charge in [0, 0.05) is 39.4 Å². The Morgan fingerprint density at radius 1 is 1.35 bits per heavy atom. The summed E-state index contributed by atoms with van der Waals surface area (Å²) in [5, 5.41) is 19.3. The van der Waals surface area contributed by atoms with Crippen LogP contribution in [-0.4, -0.2) is 54.4 Å². The second-order valence-electron chi connectivity index (χ2n) is 6.32. The molecule has 0 amide bonds. The number of methoxy groups -OCH3 is 1. The second kappa shape index (κ2) is 5.90. The molecule has 7 nitrogen and oxygen atoms in total. The lowest BCUT2D eigenvalue weighted by molar-refractivity contribution is -0.641. The minimum atomic E-state index is 0.359. The maximum absolute atomic E-state index is 12.1. The minimum Gasteiger partial charge on any atom is -0.594 e. The zero-order valence-corrected chi connectivity index (χ0v) is 13.3. The molecule has 0 bridgehead atoms. The van der Waals surface area contributed by atoms with Crippen LogP contribution in [0.5, 0.6) is 0 Å². The summed E-state index contributed by atoms with van der Waals surface area (Å²) in [7, 11) is 1.74. The van der Waals surface area contributed by atoms with E-state index in [1.807, 2.05) is 12.1 Å². The Morgan fingerprint density at radius 2 is 2.13 bits per heavy atom. The van der Waals surface area contributed by atoms with Gasteiger partial charge in [0.05, 0.1) is 11.2 Å². The van der Waals surface area contributed by atoms with Crippen LogP contribution in [0, 0.1) is 5.21 Å². The number of hydrogen-bond acceptors (Lipinski definition) is 6. The van der Waals surface area contributed by atoms with Crippen molar-refractivity contribution in [1.82, 2.24) is 15.0 Å². The molecule has 23 heavy (non-hydrogen) atoms. The van der Waals surface area contributed by atoms with Crippen molar-refractivity contribution in [2.24, 2.45) is 0 Å². The summed E-state index contributed by atoms with van der Waals surface area (Å²) in [5.74, 6) is 0.397. The van der Waals surface area contributed by atoms with Gasteiger partial charge in [-0.15, -0.1) is 0 Å². The lowest BCUT2D eigenvalue weighted by Crippen LogP contribution is -2.53. The third-order valence-electron chi connectivity index (χ3n) is 4.78. The number of rotatable bonds is 5. The normalized spacial score (nSPS) is 18.1. The molecule has 0 radical (unpaired) electrons. The van der Waals surface area contributed by atoms with Crippen molar-refractivity contribution in [3.05, 3.63) is 28.5 Å². The second-order valence-corrected chi connectivity index (χ2v) is 6.32. The van der Waals surface area contributed by atoms with Crippen molar-refractivity contribution >= 4 is 17.0 Å². The zero-order chi connectivity index (χ0) is 15.8. The number of nitrogens with zero attached hydrogens (tertiary/aromatic N) is 4. The maximum atomic E-state index is 12.1. The number of fused-ring (bicyclic) bond motifs is 2. The quantitative estimate of drug-likeness (QED) is 0.639. The van der Waals surface area contributed by atoms with Gasteiger partial charge in [-0.1, -0.05) is 0 Å². The van der Waals surface area contributed by atoms with E-state index in [4.69, 9.17) is 4.74 Å². The number of likely N-dealkylation sites (tertiary alicyclic amines) is 1. The van der Waals surface area contributed by atoms with Gasteiger partial charge >= 0.3 is 0 Å². The fourth-order valence-corrected chi connectivity index (χ4v) is 3.37. The average molecular weight is 315 g/mol. The Bertz CT molecular complexity index is 730. The Morgan fingerprint density at radius 3 is 2.91 bits per heavy atom. The molecule has 4 rings (SSSR count). The molecule has 1 N–H and O–H groups in total. The van der Waals surface area contributed by atoms with Crippen LogP contribution in [0.3, 0.4) is 0 Å². The van der Waals surface area contributed by atoms with Crippen molar-refractivity contribution in [3.8, 4) is 0 Å². The summed E-state index contributed by atoms with van der Waals surface area (Å²) in [6, 6.07) is 3.98. The van der Waals surface area contributed by atoms with E-state index in [0.717, 1.165) is 44.4 Å². The number of ether oxygens (including phenoxy) is 1. The van der Waals surface area contributed by atoms with Crippen LogP contribution < -0.4 is 10.2 Å². The fourth-order valence-electron chi connectivity index (χ4n) is 3.37. The van der Waals surface area contributed by atoms with Gasteiger partial charge in [0.1, 0.15) is 5.52 Å². The number of anilines is 1. The first-order valence-electron chi connectivity index (χ1n) is 8.15. The van der Waals surface area contributed by atoms with Crippen molar-refractivity contribution in [3.63, 3.8) is 0 Å². The van der Waals surface area contributed by atoms with Gasteiger partial charge in [0.25, 0.3) is 11.5 Å². The van der Waals surface area contributed by atoms with E-state index in [-0.39, 0.29) is 0 Å². The molecule has 0 spiro atoms. The number of aromatic nitrogens is 3. The largest absolute Gasteiger partial charge is 0.594 e. The molecule has 1 aliphatic heterocycles. The van der Waals surface area contributed by atoms with Gasteiger partial charge in [-0.3, -0.25) is 4.90 Å². The first-order chi connectivity index (χ1) is 11.2. The van der Waals surface area contributed by atoms with Gasteiger partial charge in [-0.25, -0.2) is 4.98 Å². The van der Waals surface area contributed by atoms with Crippen LogP contribution in [0.2, 0.25) is 0 Å². The summed E-state index contributed by atoms with van der Waals surface area (Å²) >= 11 is 0. The van der Waals surface area contributed by atoms with Crippen LogP contribution in [0.25, 0.3) is 11.0 Å². The molecule has 122 valence electrons. The van der Waals surface area contributed by atoms with Gasteiger partial charge in [-0.2, -0.15) is 0 Å². The third-order valence-corrected chi connectivity index (χ3v) is 4.78. The molecule has 2 heterocycles. The number of benzene rings is 1. The molecule has 1 aromatic carbocycles. The highest BCUT2D eigenvalue weighted by Gasteiger charge is 2.25. The van der Waals surface area contributed by atoms with Gasteiger partial charge in [0.15, 0.2) is 0 Å². The number of aryl methyl sites for hydroxylation is 2. The van der Waals surface area contributed by atoms with E-state index < -0.39 is 0 Å². The van der Waals surface area contributed by atoms with Crippen molar-refractivity contribution in [2.75, 3.05) is 38.6 Å². The molecule has 2 aromatic rings. The number of hydrogen-bond donors (Lipinski definition) is 1. The van der Waals surface area contributed by atoms with E-state index in [1.165, 1.54) is 11.1 Å². The SMILES string of the molecule is COC1CN(CCNc2nc3cc4c(cc3[n+]([O-])n2)CCC4)C1. The molecule has 0 unspecified atom stereocenters. The Labute approximate surface area is 134 Å². The van der Waals surface area contributed by atoms with Crippen LogP contribution in [0.1, 0.15) is 17.5 Å². The minimum absolute atomic E-state index is 0.359. The highest BCUT2D eigenvalue weighted by atomic mass is 16.5. The van der Waals surface area contributed by atoms with Crippen molar-refractivity contribution in [2.45, 2.75) is 25.4 Å². The predicted molar refractivity (Wildman–Crippen MR) is 86.2 cm³/mol. The molecule has 1 aromatic heterocycles. The van der Waals surface area contributed by atoms with E-state index in [0.29, 0.717) is 29.0 Å². The smallest absolute Gasteiger partial charge is 0.290 e. The Hall–Kier alpha value is -1.99. The molecule has 0 atom stereocenters. The van der Waals surface area contributed by atoms with E-state index in [1.54, 1.807) is 7.11 Å². The Balaban J connectivity index is 1.45. The summed E-state index contributed by atoms with van der Waals surface area (Å²) in [6.45, 7) is 3.53. The van der Waals surface area contributed by atoms with E-state index >= 15 is 0 Å². The maximum Gasteiger partial charge on any atom is 0.290 e. The molecule has 7 heteroatoms. The van der Waals surface area contributed by atoms with Crippen molar-refractivity contribution in [1.29, 1.82) is 0 Å². The zero-order valence-electron chi connectivity index (χ0n) is 13.3. The predicted octanol–water partition coefficient (Wildman–Crippen LogP) is 0.494. The van der Waals surface area contributed by atoms with Gasteiger partial charge in [-0.05, 0) is 41.3 Å². The molecule has 1 saturated heterocycles. The summed E-state index contributed by atoms with van der Waals surface area (Å²) in [4.78, 5) is 7.48. The monoisotopic (exact) mass is 315 g/mol. The highest BCUT2D eigenvalue weighted by Crippen LogP contribution is 2.25. The fraction of sp³-hybridized carbons (Fsp3) is 0.562. The van der Waals surface area contributed by atoms with Crippen LogP contribution in [0.4, 0.5) is 5.95 Å². The molecule has 0 saturated carbocycles. The third kappa shape index (κ3) is 2.82. The average Bonchev–Trinajstić information content (AvgIpc) is 2.95.